The number of amides is 1. The van der Waals surface area contributed by atoms with Crippen molar-refractivity contribution in [1.29, 1.82) is 0 Å². The molecule has 10 heteroatoms. The van der Waals surface area contributed by atoms with Crippen LogP contribution in [-0.2, 0) is 5.41 Å². The molecule has 1 amide bonds. The monoisotopic (exact) mass is 531 g/mol. The summed E-state index contributed by atoms with van der Waals surface area (Å²) in [6.45, 7) is 16.6. The van der Waals surface area contributed by atoms with E-state index in [1.807, 2.05) is 12.1 Å². The van der Waals surface area contributed by atoms with Crippen LogP contribution in [-0.4, -0.2) is 79.0 Å². The highest BCUT2D eigenvalue weighted by Crippen LogP contribution is 2.30. The van der Waals surface area contributed by atoms with E-state index in [9.17, 15) is 9.59 Å². The van der Waals surface area contributed by atoms with E-state index in [0.29, 0.717) is 24.7 Å². The molecule has 5 rings (SSSR count). The minimum absolute atomic E-state index is 0.0248. The van der Waals surface area contributed by atoms with Gasteiger partial charge in [0.2, 0.25) is 5.89 Å². The van der Waals surface area contributed by atoms with Crippen molar-refractivity contribution in [3.8, 4) is 11.3 Å². The molecular formula is C29H37N7O3. The zero-order valence-corrected chi connectivity index (χ0v) is 24.0. The number of fused-ring (bicyclic) bond motifs is 1. The van der Waals surface area contributed by atoms with E-state index in [-0.39, 0.29) is 22.8 Å². The fourth-order valence-corrected chi connectivity index (χ4v) is 4.48. The fraction of sp³-hybridized carbons (Fsp3) is 0.448. The van der Waals surface area contributed by atoms with Gasteiger partial charge in [0.1, 0.15) is 5.69 Å². The summed E-state index contributed by atoms with van der Waals surface area (Å²) in [5.41, 5.74) is 5.25. The molecule has 0 bridgehead atoms. The maximum Gasteiger partial charge on any atom is 0.311 e. The number of carbonyl (C=O) groups is 2. The van der Waals surface area contributed by atoms with Crippen molar-refractivity contribution in [2.75, 3.05) is 26.7 Å². The Balaban J connectivity index is 0.000000187. The van der Waals surface area contributed by atoms with Gasteiger partial charge in [0.05, 0.1) is 11.9 Å². The van der Waals surface area contributed by atoms with E-state index in [4.69, 9.17) is 4.42 Å². The van der Waals surface area contributed by atoms with Crippen molar-refractivity contribution < 1.29 is 14.0 Å². The van der Waals surface area contributed by atoms with Gasteiger partial charge in [-0.05, 0) is 45.4 Å². The lowest BCUT2D eigenvalue weighted by atomic mass is 9.87. The van der Waals surface area contributed by atoms with E-state index in [1.54, 1.807) is 22.5 Å². The van der Waals surface area contributed by atoms with Gasteiger partial charge in [0.15, 0.2) is 11.9 Å². The third kappa shape index (κ3) is 6.22. The Morgan fingerprint density at radius 1 is 1.10 bits per heavy atom. The molecule has 4 heterocycles. The zero-order chi connectivity index (χ0) is 28.5. The van der Waals surface area contributed by atoms with Crippen molar-refractivity contribution in [2.45, 2.75) is 59.4 Å². The second-order valence-corrected chi connectivity index (χ2v) is 11.7. The van der Waals surface area contributed by atoms with Crippen LogP contribution in [0.15, 0.2) is 40.9 Å². The molecule has 1 saturated heterocycles. The second kappa shape index (κ2) is 10.7. The predicted octanol–water partition coefficient (Wildman–Crippen LogP) is 4.36. The van der Waals surface area contributed by atoms with Crippen LogP contribution in [0.4, 0.5) is 0 Å². The van der Waals surface area contributed by atoms with Gasteiger partial charge in [0, 0.05) is 43.2 Å². The number of piperazine rings is 1. The highest BCUT2D eigenvalue weighted by Gasteiger charge is 2.35. The number of hydrogen-bond donors (Lipinski definition) is 0. The number of likely N-dealkylation sites (N-methyl/N-ethyl adjacent to an activating group) is 1. The summed E-state index contributed by atoms with van der Waals surface area (Å²) in [6, 6.07) is 10.3. The lowest BCUT2D eigenvalue weighted by Gasteiger charge is -2.44. The van der Waals surface area contributed by atoms with Crippen molar-refractivity contribution in [3.05, 3.63) is 65.1 Å². The van der Waals surface area contributed by atoms with Gasteiger partial charge in [0.25, 0.3) is 0 Å². The van der Waals surface area contributed by atoms with Crippen LogP contribution in [0.3, 0.4) is 0 Å². The summed E-state index contributed by atoms with van der Waals surface area (Å²) in [6.07, 6.45) is 2.43. The number of hydrogen-bond acceptors (Lipinski definition) is 8. The topological polar surface area (TPSA) is 110 Å². The molecule has 1 aliphatic rings. The van der Waals surface area contributed by atoms with Gasteiger partial charge in [-0.1, -0.05) is 44.5 Å². The van der Waals surface area contributed by atoms with Crippen LogP contribution >= 0.6 is 0 Å². The van der Waals surface area contributed by atoms with Crippen LogP contribution in [0, 0.1) is 13.8 Å². The van der Waals surface area contributed by atoms with Gasteiger partial charge >= 0.3 is 11.8 Å². The van der Waals surface area contributed by atoms with Crippen molar-refractivity contribution in [1.82, 2.24) is 34.6 Å². The number of nitrogens with zero attached hydrogens (tertiary/aromatic N) is 7. The summed E-state index contributed by atoms with van der Waals surface area (Å²) in [7, 11) is 2.07. The largest absolute Gasteiger partial charge is 0.417 e. The van der Waals surface area contributed by atoms with Crippen molar-refractivity contribution in [3.63, 3.8) is 0 Å². The molecule has 10 nitrogen and oxygen atoms in total. The molecule has 3 aromatic heterocycles. The average Bonchev–Trinajstić information content (AvgIpc) is 3.50. The maximum absolute atomic E-state index is 12.1. The fourth-order valence-electron chi connectivity index (χ4n) is 4.48. The Bertz CT molecular complexity index is 1500. The lowest BCUT2D eigenvalue weighted by molar-refractivity contribution is 0.0283. The molecule has 0 unspecified atom stereocenters. The van der Waals surface area contributed by atoms with Gasteiger partial charge in [-0.15, -0.1) is 10.2 Å². The molecule has 0 saturated carbocycles. The van der Waals surface area contributed by atoms with Crippen LogP contribution < -0.4 is 0 Å². The number of carbonyl (C=O) groups excluding carboxylic acids is 2. The predicted molar refractivity (Wildman–Crippen MR) is 149 cm³/mol. The summed E-state index contributed by atoms with van der Waals surface area (Å²) in [4.78, 5) is 31.6. The number of benzene rings is 1. The van der Waals surface area contributed by atoms with Gasteiger partial charge in [-0.25, -0.2) is 9.50 Å². The normalized spacial score (nSPS) is 15.6. The highest BCUT2D eigenvalue weighted by molar-refractivity contribution is 5.89. The van der Waals surface area contributed by atoms with Crippen molar-refractivity contribution >= 4 is 17.8 Å². The number of imidazole rings is 1. The molecule has 0 N–H and O–H groups in total. The molecule has 39 heavy (non-hydrogen) atoms. The quantitative estimate of drug-likeness (QED) is 0.359. The zero-order valence-electron chi connectivity index (χ0n) is 24.0. The molecule has 1 aliphatic heterocycles. The number of rotatable bonds is 3. The Hall–Kier alpha value is -3.92. The molecular weight excluding hydrogens is 494 g/mol. The Kier molecular flexibility index (Phi) is 7.70. The average molecular weight is 532 g/mol. The van der Waals surface area contributed by atoms with Gasteiger partial charge in [-0.2, -0.15) is 5.10 Å². The first kappa shape index (κ1) is 28.1. The van der Waals surface area contributed by atoms with E-state index in [0.717, 1.165) is 35.3 Å². The molecule has 0 aliphatic carbocycles. The molecule has 206 valence electrons. The minimum Gasteiger partial charge on any atom is -0.417 e. The third-order valence-electron chi connectivity index (χ3n) is 7.00. The number of aromatic nitrogens is 5. The van der Waals surface area contributed by atoms with E-state index >= 15 is 0 Å². The molecule has 0 spiro atoms. The Morgan fingerprint density at radius 2 is 1.85 bits per heavy atom. The molecule has 4 aromatic rings. The number of aldehydes is 1. The third-order valence-corrected chi connectivity index (χ3v) is 7.00. The smallest absolute Gasteiger partial charge is 0.311 e. The lowest BCUT2D eigenvalue weighted by Crippen LogP contribution is -2.58. The van der Waals surface area contributed by atoms with Crippen LogP contribution in [0.25, 0.3) is 16.9 Å². The SMILES string of the molecule is Cc1cccc(-c2cc(C(C)(C)C)c3nc(C=O)cn3n2)c1.Cc1nnc(C(=O)N2CCN(C)C(C)(C)C2)o1. The van der Waals surface area contributed by atoms with Crippen LogP contribution in [0.2, 0.25) is 0 Å². The summed E-state index contributed by atoms with van der Waals surface area (Å²) in [5, 5.41) is 12.1. The summed E-state index contributed by atoms with van der Waals surface area (Å²) >= 11 is 0. The van der Waals surface area contributed by atoms with E-state index in [2.05, 4.69) is 92.0 Å². The molecule has 1 aromatic carbocycles. The summed E-state index contributed by atoms with van der Waals surface area (Å²) in [5.74, 6) is 0.330. The molecule has 1 fully saturated rings. The van der Waals surface area contributed by atoms with Crippen LogP contribution in [0.5, 0.6) is 0 Å². The van der Waals surface area contributed by atoms with Crippen molar-refractivity contribution in [2.24, 2.45) is 0 Å². The molecule has 0 atom stereocenters. The Morgan fingerprint density at radius 3 is 2.44 bits per heavy atom. The number of aryl methyl sites for hydroxylation is 2. The maximum atomic E-state index is 12.1. The van der Waals surface area contributed by atoms with Crippen LogP contribution in [0.1, 0.15) is 72.8 Å². The second-order valence-electron chi connectivity index (χ2n) is 11.7. The minimum atomic E-state index is -0.174. The standard InChI is InChI=1S/C18H19N3O.C11H18N4O2/c1-12-6-5-7-13(8-12)16-9-15(18(2,3)4)17-19-14(11-22)10-21(17)20-16;1-8-12-13-9(17-8)10(16)15-6-5-14(4)11(2,3)7-15/h5-11H,1-4H3;5-7H2,1-4H3. The van der Waals surface area contributed by atoms with E-state index in [1.165, 1.54) is 5.56 Å². The first-order valence-corrected chi connectivity index (χ1v) is 13.0. The highest BCUT2D eigenvalue weighted by atomic mass is 16.4. The van der Waals surface area contributed by atoms with E-state index < -0.39 is 0 Å². The van der Waals surface area contributed by atoms with Gasteiger partial charge in [-0.3, -0.25) is 14.5 Å². The Labute approximate surface area is 229 Å². The molecule has 0 radical (unpaired) electrons. The first-order chi connectivity index (χ1) is 18.3. The summed E-state index contributed by atoms with van der Waals surface area (Å²) < 4.78 is 6.88. The first-order valence-electron chi connectivity index (χ1n) is 13.0. The van der Waals surface area contributed by atoms with Gasteiger partial charge < -0.3 is 9.32 Å².